The third kappa shape index (κ3) is 5.48. The molecule has 0 radical (unpaired) electrons. The van der Waals surface area contributed by atoms with E-state index in [0.717, 1.165) is 17.9 Å². The molecule has 0 atom stereocenters. The van der Waals surface area contributed by atoms with E-state index in [9.17, 15) is 0 Å². The molecule has 3 N–H and O–H groups in total. The monoisotopic (exact) mass is 297 g/mol. The Bertz CT molecular complexity index is 620. The molecule has 2 aromatic carbocycles. The second kappa shape index (κ2) is 8.08. The van der Waals surface area contributed by atoms with E-state index >= 15 is 0 Å². The van der Waals surface area contributed by atoms with E-state index in [1.54, 1.807) is 0 Å². The molecule has 0 saturated heterocycles. The van der Waals surface area contributed by atoms with Gasteiger partial charge in [-0.05, 0) is 43.7 Å². The second-order valence-electron chi connectivity index (χ2n) is 5.28. The van der Waals surface area contributed by atoms with Crippen LogP contribution in [0.2, 0.25) is 0 Å². The lowest BCUT2D eigenvalue weighted by Gasteiger charge is -2.07. The van der Waals surface area contributed by atoms with Crippen LogP contribution in [0.1, 0.15) is 17.5 Å². The van der Waals surface area contributed by atoms with Crippen LogP contribution >= 0.6 is 0 Å². The average Bonchev–Trinajstić information content (AvgIpc) is 2.49. The van der Waals surface area contributed by atoms with Gasteiger partial charge in [-0.3, -0.25) is 4.99 Å². The highest BCUT2D eigenvalue weighted by Crippen LogP contribution is 2.11. The summed E-state index contributed by atoms with van der Waals surface area (Å²) in [6.07, 6.45) is 0.823. The van der Waals surface area contributed by atoms with Crippen LogP contribution in [-0.2, 0) is 0 Å². The van der Waals surface area contributed by atoms with Crippen molar-refractivity contribution in [1.82, 2.24) is 0 Å². The Labute approximate surface area is 132 Å². The van der Waals surface area contributed by atoms with Gasteiger partial charge in [0.2, 0.25) is 0 Å². The summed E-state index contributed by atoms with van der Waals surface area (Å²) in [6.45, 7) is 5.37. The van der Waals surface area contributed by atoms with Gasteiger partial charge in [-0.25, -0.2) is 0 Å². The standard InChI is InChI=1S/C18H23N3O/c1-14-7-9-17(10-8-14)22-12-4-11-20-18(19)21-16-6-3-5-15(2)13-16/h3,5-10,13H,4,11-12H2,1-2H3,(H3,19,20,21). The van der Waals surface area contributed by atoms with Crippen LogP contribution in [0, 0.1) is 13.8 Å². The van der Waals surface area contributed by atoms with E-state index in [4.69, 9.17) is 10.5 Å². The topological polar surface area (TPSA) is 59.6 Å². The van der Waals surface area contributed by atoms with Crippen molar-refractivity contribution >= 4 is 11.6 Å². The zero-order chi connectivity index (χ0) is 15.8. The smallest absolute Gasteiger partial charge is 0.193 e. The van der Waals surface area contributed by atoms with Gasteiger partial charge in [0, 0.05) is 18.7 Å². The van der Waals surface area contributed by atoms with Crippen LogP contribution in [0.15, 0.2) is 53.5 Å². The molecule has 0 aliphatic rings. The van der Waals surface area contributed by atoms with Crippen LogP contribution in [0.4, 0.5) is 5.69 Å². The first-order valence-electron chi connectivity index (χ1n) is 7.46. The zero-order valence-electron chi connectivity index (χ0n) is 13.2. The number of guanidine groups is 1. The van der Waals surface area contributed by atoms with Gasteiger partial charge in [-0.15, -0.1) is 0 Å². The summed E-state index contributed by atoms with van der Waals surface area (Å²) in [6, 6.07) is 16.1. The Kier molecular flexibility index (Phi) is 5.83. The highest BCUT2D eigenvalue weighted by molar-refractivity contribution is 5.92. The Morgan fingerprint density at radius 1 is 1.09 bits per heavy atom. The third-order valence-electron chi connectivity index (χ3n) is 3.16. The highest BCUT2D eigenvalue weighted by atomic mass is 16.5. The number of nitrogens with one attached hydrogen (secondary N) is 1. The summed E-state index contributed by atoms with van der Waals surface area (Å²) in [4.78, 5) is 4.30. The number of aliphatic imine (C=N–C) groups is 1. The van der Waals surface area contributed by atoms with Crippen molar-refractivity contribution in [1.29, 1.82) is 0 Å². The Morgan fingerprint density at radius 3 is 2.59 bits per heavy atom. The van der Waals surface area contributed by atoms with Crippen LogP contribution in [-0.4, -0.2) is 19.1 Å². The Hall–Kier alpha value is -2.49. The molecule has 2 aromatic rings. The molecule has 0 aliphatic carbocycles. The molecule has 0 unspecified atom stereocenters. The van der Waals surface area contributed by atoms with Gasteiger partial charge in [0.05, 0.1) is 6.61 Å². The molecule has 0 bridgehead atoms. The van der Waals surface area contributed by atoms with Crippen molar-refractivity contribution in [2.24, 2.45) is 10.7 Å². The van der Waals surface area contributed by atoms with E-state index in [2.05, 4.69) is 17.2 Å². The maximum Gasteiger partial charge on any atom is 0.193 e. The molecule has 0 aromatic heterocycles. The summed E-state index contributed by atoms with van der Waals surface area (Å²) in [7, 11) is 0. The molecule has 0 fully saturated rings. The van der Waals surface area contributed by atoms with Crippen LogP contribution in [0.5, 0.6) is 5.75 Å². The summed E-state index contributed by atoms with van der Waals surface area (Å²) in [5.41, 5.74) is 9.23. The van der Waals surface area contributed by atoms with E-state index in [1.165, 1.54) is 11.1 Å². The summed E-state index contributed by atoms with van der Waals surface area (Å²) < 4.78 is 5.65. The predicted molar refractivity (Wildman–Crippen MR) is 92.6 cm³/mol. The number of aryl methyl sites for hydroxylation is 2. The molecule has 116 valence electrons. The first kappa shape index (κ1) is 15.9. The number of nitrogens with two attached hydrogens (primary N) is 1. The number of rotatable bonds is 6. The fourth-order valence-electron chi connectivity index (χ4n) is 2.00. The summed E-state index contributed by atoms with van der Waals surface area (Å²) >= 11 is 0. The number of hydrogen-bond acceptors (Lipinski definition) is 2. The van der Waals surface area contributed by atoms with E-state index in [-0.39, 0.29) is 0 Å². The Balaban J connectivity index is 1.69. The van der Waals surface area contributed by atoms with Crippen LogP contribution in [0.25, 0.3) is 0 Å². The SMILES string of the molecule is Cc1ccc(OCCCN=C(N)Nc2cccc(C)c2)cc1. The number of hydrogen-bond donors (Lipinski definition) is 2. The minimum Gasteiger partial charge on any atom is -0.494 e. The van der Waals surface area contributed by atoms with Gasteiger partial charge in [0.15, 0.2) is 5.96 Å². The average molecular weight is 297 g/mol. The van der Waals surface area contributed by atoms with Crippen molar-refractivity contribution in [3.8, 4) is 5.75 Å². The largest absolute Gasteiger partial charge is 0.494 e. The van der Waals surface area contributed by atoms with Crippen molar-refractivity contribution < 1.29 is 4.74 Å². The van der Waals surface area contributed by atoms with E-state index in [1.807, 2.05) is 55.5 Å². The number of ether oxygens (including phenoxy) is 1. The molecular weight excluding hydrogens is 274 g/mol. The molecule has 4 heteroatoms. The minimum absolute atomic E-state index is 0.431. The third-order valence-corrected chi connectivity index (χ3v) is 3.16. The quantitative estimate of drug-likeness (QED) is 0.487. The Morgan fingerprint density at radius 2 is 1.86 bits per heavy atom. The molecule has 0 amide bonds. The predicted octanol–water partition coefficient (Wildman–Crippen LogP) is 3.50. The molecule has 2 rings (SSSR count). The maximum absolute atomic E-state index is 5.86. The lowest BCUT2D eigenvalue weighted by atomic mass is 10.2. The number of nitrogens with zero attached hydrogens (tertiary/aromatic N) is 1. The number of benzene rings is 2. The summed E-state index contributed by atoms with van der Waals surface area (Å²) in [5, 5.41) is 3.08. The molecule has 0 spiro atoms. The molecular formula is C18H23N3O. The normalized spacial score (nSPS) is 11.3. The minimum atomic E-state index is 0.431. The van der Waals surface area contributed by atoms with Crippen LogP contribution in [0.3, 0.4) is 0 Å². The first-order valence-corrected chi connectivity index (χ1v) is 7.46. The van der Waals surface area contributed by atoms with Crippen molar-refractivity contribution in [2.45, 2.75) is 20.3 Å². The second-order valence-corrected chi connectivity index (χ2v) is 5.28. The molecule has 4 nitrogen and oxygen atoms in total. The fourth-order valence-corrected chi connectivity index (χ4v) is 2.00. The maximum atomic E-state index is 5.86. The van der Waals surface area contributed by atoms with Gasteiger partial charge in [-0.1, -0.05) is 29.8 Å². The number of anilines is 1. The van der Waals surface area contributed by atoms with E-state index < -0.39 is 0 Å². The van der Waals surface area contributed by atoms with Crippen molar-refractivity contribution in [2.75, 3.05) is 18.5 Å². The fraction of sp³-hybridized carbons (Fsp3) is 0.278. The lowest BCUT2D eigenvalue weighted by Crippen LogP contribution is -2.23. The summed E-state index contributed by atoms with van der Waals surface area (Å²) in [5.74, 6) is 1.32. The molecule has 0 heterocycles. The van der Waals surface area contributed by atoms with Crippen molar-refractivity contribution in [3.05, 3.63) is 59.7 Å². The lowest BCUT2D eigenvalue weighted by molar-refractivity contribution is 0.313. The molecule has 0 saturated carbocycles. The van der Waals surface area contributed by atoms with E-state index in [0.29, 0.717) is 19.1 Å². The van der Waals surface area contributed by atoms with Gasteiger partial charge in [-0.2, -0.15) is 0 Å². The van der Waals surface area contributed by atoms with Gasteiger partial charge < -0.3 is 15.8 Å². The van der Waals surface area contributed by atoms with Gasteiger partial charge >= 0.3 is 0 Å². The zero-order valence-corrected chi connectivity index (χ0v) is 13.2. The van der Waals surface area contributed by atoms with Gasteiger partial charge in [0.1, 0.15) is 5.75 Å². The molecule has 0 aliphatic heterocycles. The van der Waals surface area contributed by atoms with Crippen LogP contribution < -0.4 is 15.8 Å². The first-order chi connectivity index (χ1) is 10.6. The highest BCUT2D eigenvalue weighted by Gasteiger charge is 1.96. The molecule has 22 heavy (non-hydrogen) atoms. The van der Waals surface area contributed by atoms with Crippen molar-refractivity contribution in [3.63, 3.8) is 0 Å². The van der Waals surface area contributed by atoms with Gasteiger partial charge in [0.25, 0.3) is 0 Å².